The standard InChI is InChI=1S/C27H30N6O4/c1-32-22-13-28-24(30-27(34)16-7-8-16)11-20(22)25(31-32)19-6-4-5-18(26(19)36-3)17-12-29-33(14-17)21-9-10-37-15-23(21)35-2/h4-6,11-14,16,21,23H,7-10,15H2,1-3H3,(H,28,30,34)/t21-,23-/m1/s1. The number of amides is 1. The average molecular weight is 503 g/mol. The second-order valence-corrected chi connectivity index (χ2v) is 9.62. The Morgan fingerprint density at radius 3 is 2.78 bits per heavy atom. The maximum atomic E-state index is 12.3. The molecule has 10 nitrogen and oxygen atoms in total. The lowest BCUT2D eigenvalue weighted by molar-refractivity contribution is -0.117. The molecule has 37 heavy (non-hydrogen) atoms. The van der Waals surface area contributed by atoms with Gasteiger partial charge in [-0.05, 0) is 31.4 Å². The minimum absolute atomic E-state index is 0.0223. The number of aromatic nitrogens is 5. The predicted octanol–water partition coefficient (Wildman–Crippen LogP) is 3.83. The molecule has 1 saturated carbocycles. The summed E-state index contributed by atoms with van der Waals surface area (Å²) in [6, 6.07) is 8.01. The molecule has 1 N–H and O–H groups in total. The molecule has 4 aromatic rings. The molecule has 1 aliphatic carbocycles. The molecular formula is C27H30N6O4. The first-order chi connectivity index (χ1) is 18.1. The first-order valence-corrected chi connectivity index (χ1v) is 12.5. The zero-order valence-electron chi connectivity index (χ0n) is 21.2. The van der Waals surface area contributed by atoms with E-state index >= 15 is 0 Å². The molecule has 6 rings (SSSR count). The van der Waals surface area contributed by atoms with Crippen LogP contribution >= 0.6 is 0 Å². The zero-order valence-corrected chi connectivity index (χ0v) is 21.2. The van der Waals surface area contributed by atoms with Crippen molar-refractivity contribution >= 4 is 22.6 Å². The molecule has 4 heterocycles. The number of anilines is 1. The molecule has 1 amide bonds. The molecule has 0 spiro atoms. The van der Waals surface area contributed by atoms with Crippen molar-refractivity contribution < 1.29 is 19.0 Å². The Morgan fingerprint density at radius 2 is 2.00 bits per heavy atom. The van der Waals surface area contributed by atoms with Crippen LogP contribution in [0.1, 0.15) is 25.3 Å². The molecular weight excluding hydrogens is 472 g/mol. The van der Waals surface area contributed by atoms with E-state index in [0.29, 0.717) is 24.8 Å². The van der Waals surface area contributed by atoms with E-state index in [1.807, 2.05) is 48.4 Å². The maximum Gasteiger partial charge on any atom is 0.228 e. The van der Waals surface area contributed by atoms with Gasteiger partial charge in [0.15, 0.2) is 0 Å². The number of aryl methyl sites for hydroxylation is 1. The van der Waals surface area contributed by atoms with Crippen molar-refractivity contribution in [2.24, 2.45) is 13.0 Å². The summed E-state index contributed by atoms with van der Waals surface area (Å²) in [7, 11) is 5.26. The van der Waals surface area contributed by atoms with E-state index in [2.05, 4.69) is 15.4 Å². The lowest BCUT2D eigenvalue weighted by atomic mass is 10.0. The van der Waals surface area contributed by atoms with Gasteiger partial charge in [0.25, 0.3) is 0 Å². The smallest absolute Gasteiger partial charge is 0.228 e. The molecule has 2 fully saturated rings. The average Bonchev–Trinajstić information content (AvgIpc) is 3.59. The lowest BCUT2D eigenvalue weighted by Gasteiger charge is -2.30. The minimum Gasteiger partial charge on any atom is -0.495 e. The third-order valence-corrected chi connectivity index (χ3v) is 7.23. The van der Waals surface area contributed by atoms with Gasteiger partial charge in [-0.1, -0.05) is 12.1 Å². The largest absolute Gasteiger partial charge is 0.495 e. The van der Waals surface area contributed by atoms with Crippen LogP contribution in [0.3, 0.4) is 0 Å². The number of hydrogen-bond donors (Lipinski definition) is 1. The Kier molecular flexibility index (Phi) is 6.13. The van der Waals surface area contributed by atoms with Crippen LogP contribution in [0, 0.1) is 5.92 Å². The minimum atomic E-state index is -0.0437. The Labute approximate surface area is 214 Å². The van der Waals surface area contributed by atoms with Crippen molar-refractivity contribution in [2.75, 3.05) is 32.8 Å². The van der Waals surface area contributed by atoms with Gasteiger partial charge in [0.1, 0.15) is 23.4 Å². The number of nitrogens with zero attached hydrogens (tertiary/aromatic N) is 5. The maximum absolute atomic E-state index is 12.3. The van der Waals surface area contributed by atoms with Gasteiger partial charge in [0.2, 0.25) is 5.91 Å². The highest BCUT2D eigenvalue weighted by Gasteiger charge is 2.30. The molecule has 2 aliphatic rings. The number of methoxy groups -OCH3 is 2. The molecule has 1 aromatic carbocycles. The molecule has 1 aliphatic heterocycles. The van der Waals surface area contributed by atoms with Crippen LogP contribution in [0.25, 0.3) is 33.3 Å². The second-order valence-electron chi connectivity index (χ2n) is 9.62. The zero-order chi connectivity index (χ0) is 25.5. The number of para-hydroxylation sites is 1. The van der Waals surface area contributed by atoms with E-state index in [4.69, 9.17) is 19.3 Å². The topological polar surface area (TPSA) is 105 Å². The van der Waals surface area contributed by atoms with E-state index in [9.17, 15) is 4.79 Å². The summed E-state index contributed by atoms with van der Waals surface area (Å²) in [5.74, 6) is 1.36. The van der Waals surface area contributed by atoms with Crippen molar-refractivity contribution in [2.45, 2.75) is 31.4 Å². The van der Waals surface area contributed by atoms with Crippen LogP contribution in [0.5, 0.6) is 5.75 Å². The number of hydrogen-bond acceptors (Lipinski definition) is 7. The molecule has 0 unspecified atom stereocenters. The molecule has 3 aromatic heterocycles. The predicted molar refractivity (Wildman–Crippen MR) is 138 cm³/mol. The first-order valence-electron chi connectivity index (χ1n) is 12.5. The van der Waals surface area contributed by atoms with E-state index in [1.54, 1.807) is 25.1 Å². The van der Waals surface area contributed by atoms with Crippen molar-refractivity contribution in [1.29, 1.82) is 0 Å². The Morgan fingerprint density at radius 1 is 1.16 bits per heavy atom. The normalized spacial score (nSPS) is 19.8. The van der Waals surface area contributed by atoms with Crippen LogP contribution in [0.2, 0.25) is 0 Å². The number of benzene rings is 1. The fraction of sp³-hybridized carbons (Fsp3) is 0.407. The van der Waals surface area contributed by atoms with Gasteiger partial charge in [0, 0.05) is 55.0 Å². The third kappa shape index (κ3) is 4.36. The molecule has 1 saturated heterocycles. The number of fused-ring (bicyclic) bond motifs is 1. The quantitative estimate of drug-likeness (QED) is 0.409. The van der Waals surface area contributed by atoms with Crippen molar-refractivity contribution in [3.63, 3.8) is 0 Å². The summed E-state index contributed by atoms with van der Waals surface area (Å²) in [6.45, 7) is 1.24. The summed E-state index contributed by atoms with van der Waals surface area (Å²) in [6.07, 6.45) is 8.31. The fourth-order valence-electron chi connectivity index (χ4n) is 5.05. The molecule has 10 heteroatoms. The lowest BCUT2D eigenvalue weighted by Crippen LogP contribution is -2.36. The van der Waals surface area contributed by atoms with Crippen LogP contribution in [0.15, 0.2) is 42.9 Å². The first kappa shape index (κ1) is 23.6. The Bertz CT molecular complexity index is 1460. The van der Waals surface area contributed by atoms with Gasteiger partial charge in [-0.15, -0.1) is 0 Å². The van der Waals surface area contributed by atoms with E-state index < -0.39 is 0 Å². The number of ether oxygens (including phenoxy) is 3. The summed E-state index contributed by atoms with van der Waals surface area (Å²) in [5, 5.41) is 13.3. The van der Waals surface area contributed by atoms with E-state index in [-0.39, 0.29) is 24.0 Å². The summed E-state index contributed by atoms with van der Waals surface area (Å²) in [5.41, 5.74) is 4.34. The van der Waals surface area contributed by atoms with Crippen molar-refractivity contribution in [3.05, 3.63) is 42.9 Å². The Balaban J connectivity index is 1.39. The second kappa shape index (κ2) is 9.60. The highest BCUT2D eigenvalue weighted by Crippen LogP contribution is 2.41. The summed E-state index contributed by atoms with van der Waals surface area (Å²) in [4.78, 5) is 16.8. The SMILES string of the molecule is COc1c(-c2cnn([C@@H]3CCOC[C@H]3OC)c2)cccc1-c1nn(C)c2cnc(NC(=O)C3CC3)cc12. The monoisotopic (exact) mass is 502 g/mol. The molecule has 0 radical (unpaired) electrons. The van der Waals surface area contributed by atoms with Gasteiger partial charge in [-0.2, -0.15) is 10.2 Å². The van der Waals surface area contributed by atoms with Crippen LogP contribution in [-0.4, -0.2) is 64.0 Å². The molecule has 0 bridgehead atoms. The van der Waals surface area contributed by atoms with Crippen molar-refractivity contribution in [1.82, 2.24) is 24.5 Å². The Hall–Kier alpha value is -3.76. The van der Waals surface area contributed by atoms with E-state index in [0.717, 1.165) is 52.5 Å². The van der Waals surface area contributed by atoms with Gasteiger partial charge in [0.05, 0.1) is 37.7 Å². The van der Waals surface area contributed by atoms with Gasteiger partial charge in [-0.3, -0.25) is 14.2 Å². The number of rotatable bonds is 7. The number of carbonyl (C=O) groups excluding carboxylic acids is 1. The summed E-state index contributed by atoms with van der Waals surface area (Å²) >= 11 is 0. The molecule has 2 atom stereocenters. The number of nitrogens with one attached hydrogen (secondary N) is 1. The molecule has 192 valence electrons. The van der Waals surface area contributed by atoms with Crippen LogP contribution in [0.4, 0.5) is 5.82 Å². The van der Waals surface area contributed by atoms with Gasteiger partial charge >= 0.3 is 0 Å². The van der Waals surface area contributed by atoms with Crippen molar-refractivity contribution in [3.8, 4) is 28.1 Å². The number of pyridine rings is 1. The summed E-state index contributed by atoms with van der Waals surface area (Å²) < 4.78 is 20.9. The number of carbonyl (C=O) groups is 1. The third-order valence-electron chi connectivity index (χ3n) is 7.23. The highest BCUT2D eigenvalue weighted by molar-refractivity contribution is 6.00. The highest BCUT2D eigenvalue weighted by atomic mass is 16.5. The van der Waals surface area contributed by atoms with Gasteiger partial charge < -0.3 is 19.5 Å². The van der Waals surface area contributed by atoms with Crippen LogP contribution in [-0.2, 0) is 21.3 Å². The van der Waals surface area contributed by atoms with Gasteiger partial charge in [-0.25, -0.2) is 4.98 Å². The van der Waals surface area contributed by atoms with E-state index in [1.165, 1.54) is 0 Å². The van der Waals surface area contributed by atoms with Crippen LogP contribution < -0.4 is 10.1 Å². The fourth-order valence-corrected chi connectivity index (χ4v) is 5.05.